The summed E-state index contributed by atoms with van der Waals surface area (Å²) in [6, 6.07) is 15.7. The normalized spacial score (nSPS) is 22.4. The summed E-state index contributed by atoms with van der Waals surface area (Å²) in [5.74, 6) is -0.802. The first-order valence-electron chi connectivity index (χ1n) is 9.93. The first-order valence-corrected chi connectivity index (χ1v) is 10.3. The smallest absolute Gasteiger partial charge is 0.304 e. The van der Waals surface area contributed by atoms with Crippen LogP contribution in [-0.4, -0.2) is 36.0 Å². The second-order valence-electron chi connectivity index (χ2n) is 8.37. The lowest BCUT2D eigenvalue weighted by Crippen LogP contribution is -2.57. The Balaban J connectivity index is 1.99. The first-order chi connectivity index (χ1) is 13.7. The molecule has 156 valence electrons. The monoisotopic (exact) mass is 416 g/mol. The second kappa shape index (κ2) is 8.64. The van der Waals surface area contributed by atoms with Crippen LogP contribution >= 0.6 is 11.6 Å². The Hall–Kier alpha value is -2.24. The molecule has 0 amide bonds. The van der Waals surface area contributed by atoms with E-state index in [1.807, 2.05) is 56.3 Å². The molecule has 0 saturated carbocycles. The van der Waals surface area contributed by atoms with E-state index in [1.54, 1.807) is 0 Å². The number of nitrogens with zero attached hydrogens (tertiary/aromatic N) is 1. The molecule has 1 saturated heterocycles. The number of carbonyl (C=O) groups is 1. The zero-order chi connectivity index (χ0) is 21.2. The molecule has 3 atom stereocenters. The summed E-state index contributed by atoms with van der Waals surface area (Å²) in [5, 5.41) is 13.7. The summed E-state index contributed by atoms with van der Waals surface area (Å²) >= 11 is 6.03. The lowest BCUT2D eigenvalue weighted by atomic mass is 9.80. The molecule has 29 heavy (non-hydrogen) atoms. The number of para-hydroxylation sites is 1. The molecular weight excluding hydrogens is 388 g/mol. The number of nitrogens with one attached hydrogen (secondary N) is 1. The summed E-state index contributed by atoms with van der Waals surface area (Å²) < 4.78 is 6.11. The van der Waals surface area contributed by atoms with Crippen molar-refractivity contribution < 1.29 is 14.6 Å². The SMILES string of the molecule is C[C@@H]1CN(c2ccccc2C(C)(C)CC(=O)O)C(Nc2ccc(Cl)cc2)[C@H](C)O1. The number of hydrogen-bond donors (Lipinski definition) is 2. The Kier molecular flexibility index (Phi) is 6.39. The number of halogens is 1. The highest BCUT2D eigenvalue weighted by atomic mass is 35.5. The Labute approximate surface area is 177 Å². The number of hydrogen-bond acceptors (Lipinski definition) is 4. The quantitative estimate of drug-likeness (QED) is 0.682. The Morgan fingerprint density at radius 2 is 1.86 bits per heavy atom. The van der Waals surface area contributed by atoms with Crippen molar-refractivity contribution in [3.63, 3.8) is 0 Å². The predicted octanol–water partition coefficient (Wildman–Crippen LogP) is 5.14. The lowest BCUT2D eigenvalue weighted by Gasteiger charge is -2.46. The molecule has 1 unspecified atom stereocenters. The van der Waals surface area contributed by atoms with Gasteiger partial charge in [-0.3, -0.25) is 4.79 Å². The third-order valence-electron chi connectivity index (χ3n) is 5.38. The molecule has 0 spiro atoms. The van der Waals surface area contributed by atoms with E-state index in [9.17, 15) is 9.90 Å². The zero-order valence-corrected chi connectivity index (χ0v) is 18.1. The number of rotatable bonds is 6. The fourth-order valence-electron chi connectivity index (χ4n) is 4.06. The van der Waals surface area contributed by atoms with Gasteiger partial charge in [0, 0.05) is 28.4 Å². The topological polar surface area (TPSA) is 61.8 Å². The van der Waals surface area contributed by atoms with Crippen molar-refractivity contribution in [1.29, 1.82) is 0 Å². The van der Waals surface area contributed by atoms with Gasteiger partial charge in [-0.25, -0.2) is 0 Å². The molecule has 2 N–H and O–H groups in total. The van der Waals surface area contributed by atoms with Gasteiger partial charge in [0.05, 0.1) is 18.6 Å². The molecule has 2 aromatic carbocycles. The fourth-order valence-corrected chi connectivity index (χ4v) is 4.18. The maximum atomic E-state index is 11.5. The third kappa shape index (κ3) is 5.03. The summed E-state index contributed by atoms with van der Waals surface area (Å²) in [4.78, 5) is 13.8. The molecule has 1 fully saturated rings. The Morgan fingerprint density at radius 3 is 2.52 bits per heavy atom. The first kappa shape index (κ1) is 21.5. The van der Waals surface area contributed by atoms with Crippen LogP contribution in [0.2, 0.25) is 5.02 Å². The highest BCUT2D eigenvalue weighted by molar-refractivity contribution is 6.30. The van der Waals surface area contributed by atoms with Gasteiger partial charge in [0.25, 0.3) is 0 Å². The lowest BCUT2D eigenvalue weighted by molar-refractivity contribution is -0.138. The number of benzene rings is 2. The number of carboxylic acids is 1. The maximum absolute atomic E-state index is 11.5. The Morgan fingerprint density at radius 1 is 1.21 bits per heavy atom. The number of ether oxygens (including phenoxy) is 1. The van der Waals surface area contributed by atoms with Gasteiger partial charge in [0.15, 0.2) is 0 Å². The van der Waals surface area contributed by atoms with Gasteiger partial charge >= 0.3 is 5.97 Å². The average Bonchev–Trinajstić information content (AvgIpc) is 2.64. The predicted molar refractivity (Wildman–Crippen MR) is 118 cm³/mol. The fraction of sp³-hybridized carbons (Fsp3) is 0.435. The van der Waals surface area contributed by atoms with Crippen molar-refractivity contribution >= 4 is 28.9 Å². The van der Waals surface area contributed by atoms with Gasteiger partial charge in [0.1, 0.15) is 6.17 Å². The molecule has 1 heterocycles. The summed E-state index contributed by atoms with van der Waals surface area (Å²) in [5.41, 5.74) is 2.51. The zero-order valence-electron chi connectivity index (χ0n) is 17.4. The van der Waals surface area contributed by atoms with Gasteiger partial charge in [-0.1, -0.05) is 43.6 Å². The van der Waals surface area contributed by atoms with E-state index in [0.29, 0.717) is 11.6 Å². The van der Waals surface area contributed by atoms with Gasteiger partial charge in [0.2, 0.25) is 0 Å². The molecule has 3 rings (SSSR count). The van der Waals surface area contributed by atoms with Crippen LogP contribution in [0, 0.1) is 0 Å². The van der Waals surface area contributed by atoms with Crippen molar-refractivity contribution in [3.8, 4) is 0 Å². The molecular formula is C23H29ClN2O3. The average molecular weight is 417 g/mol. The highest BCUT2D eigenvalue weighted by Gasteiger charge is 2.36. The molecule has 5 nitrogen and oxygen atoms in total. The largest absolute Gasteiger partial charge is 0.481 e. The molecule has 0 aliphatic carbocycles. The van der Waals surface area contributed by atoms with E-state index < -0.39 is 11.4 Å². The summed E-state index contributed by atoms with van der Waals surface area (Å²) in [6.45, 7) is 8.79. The van der Waals surface area contributed by atoms with Crippen LogP contribution in [-0.2, 0) is 14.9 Å². The van der Waals surface area contributed by atoms with E-state index >= 15 is 0 Å². The van der Waals surface area contributed by atoms with Crippen molar-refractivity contribution in [3.05, 3.63) is 59.1 Å². The van der Waals surface area contributed by atoms with E-state index in [2.05, 4.69) is 30.1 Å². The van der Waals surface area contributed by atoms with Gasteiger partial charge < -0.3 is 20.1 Å². The molecule has 1 aliphatic rings. The minimum atomic E-state index is -0.802. The number of carboxylic acid groups (broad SMARTS) is 1. The van der Waals surface area contributed by atoms with Crippen LogP contribution in [0.25, 0.3) is 0 Å². The van der Waals surface area contributed by atoms with Crippen LogP contribution in [0.15, 0.2) is 48.5 Å². The van der Waals surface area contributed by atoms with E-state index in [1.165, 1.54) is 0 Å². The molecule has 1 aliphatic heterocycles. The number of aliphatic carboxylic acids is 1. The number of morpholine rings is 1. The standard InChI is InChI=1S/C23H29ClN2O3/c1-15-14-26(20-8-6-5-7-19(20)23(3,4)13-21(27)28)22(16(2)29-15)25-18-11-9-17(24)10-12-18/h5-12,15-16,22,25H,13-14H2,1-4H3,(H,27,28)/t15-,16+,22?/m1/s1. The third-order valence-corrected chi connectivity index (χ3v) is 5.63. The summed E-state index contributed by atoms with van der Waals surface area (Å²) in [6.07, 6.45) is -0.0440. The van der Waals surface area contributed by atoms with Crippen LogP contribution < -0.4 is 10.2 Å². The minimum absolute atomic E-state index is 0.0592. The van der Waals surface area contributed by atoms with Crippen LogP contribution in [0.5, 0.6) is 0 Å². The number of anilines is 2. The van der Waals surface area contributed by atoms with Gasteiger partial charge in [-0.2, -0.15) is 0 Å². The van der Waals surface area contributed by atoms with E-state index in [0.717, 1.165) is 16.9 Å². The Bertz CT molecular complexity index is 853. The summed E-state index contributed by atoms with van der Waals surface area (Å²) in [7, 11) is 0. The molecule has 2 aromatic rings. The van der Waals surface area contributed by atoms with Crippen LogP contribution in [0.1, 0.15) is 39.7 Å². The minimum Gasteiger partial charge on any atom is -0.481 e. The molecule has 6 heteroatoms. The maximum Gasteiger partial charge on any atom is 0.304 e. The molecule has 0 radical (unpaired) electrons. The van der Waals surface area contributed by atoms with E-state index in [-0.39, 0.29) is 24.8 Å². The van der Waals surface area contributed by atoms with Crippen molar-refractivity contribution in [2.45, 2.75) is 57.9 Å². The van der Waals surface area contributed by atoms with Gasteiger partial charge in [-0.05, 0) is 49.7 Å². The van der Waals surface area contributed by atoms with Gasteiger partial charge in [-0.15, -0.1) is 0 Å². The molecule has 0 aromatic heterocycles. The van der Waals surface area contributed by atoms with Crippen molar-refractivity contribution in [2.75, 3.05) is 16.8 Å². The highest BCUT2D eigenvalue weighted by Crippen LogP contribution is 2.37. The second-order valence-corrected chi connectivity index (χ2v) is 8.81. The van der Waals surface area contributed by atoms with Crippen LogP contribution in [0.4, 0.5) is 11.4 Å². The van der Waals surface area contributed by atoms with Crippen molar-refractivity contribution in [1.82, 2.24) is 0 Å². The van der Waals surface area contributed by atoms with Crippen LogP contribution in [0.3, 0.4) is 0 Å². The van der Waals surface area contributed by atoms with E-state index in [4.69, 9.17) is 16.3 Å². The van der Waals surface area contributed by atoms with Crippen molar-refractivity contribution in [2.24, 2.45) is 0 Å². The molecule has 0 bridgehead atoms.